The second-order valence-corrected chi connectivity index (χ2v) is 6.79. The van der Waals surface area contributed by atoms with Crippen LogP contribution in [-0.4, -0.2) is 44.8 Å². The molecule has 1 aliphatic rings. The smallest absolute Gasteiger partial charge is 0.340 e. The fraction of sp³-hybridized carbons (Fsp3) is 0.389. The summed E-state index contributed by atoms with van der Waals surface area (Å²) < 4.78 is 53.8. The maximum Gasteiger partial charge on any atom is 0.419 e. The molecule has 3 heterocycles. The molecule has 3 aromatic rings. The molecule has 148 valence electrons. The standard InChI is InChI=1S/C18H18F4N6/c19-12-5-6-27(9-13(12)23)17-26-14-3-1-2-4-15(14)28(17)10-16-24-7-11(8-25-16)18(20,21)22/h1-4,7-8,12-13H,5-6,9-10,23H2. The van der Waals surface area contributed by atoms with Crippen LogP contribution in [0.25, 0.3) is 11.0 Å². The monoisotopic (exact) mass is 394 g/mol. The molecule has 0 spiro atoms. The van der Waals surface area contributed by atoms with E-state index in [4.69, 9.17) is 5.73 Å². The molecule has 1 fully saturated rings. The van der Waals surface area contributed by atoms with Gasteiger partial charge in [0.1, 0.15) is 12.0 Å². The van der Waals surface area contributed by atoms with Crippen LogP contribution >= 0.6 is 0 Å². The summed E-state index contributed by atoms with van der Waals surface area (Å²) >= 11 is 0. The zero-order valence-electron chi connectivity index (χ0n) is 14.8. The summed E-state index contributed by atoms with van der Waals surface area (Å²) in [5, 5.41) is 0. The molecule has 4 rings (SSSR count). The third kappa shape index (κ3) is 3.51. The van der Waals surface area contributed by atoms with E-state index in [2.05, 4.69) is 15.0 Å². The Morgan fingerprint density at radius 2 is 1.86 bits per heavy atom. The predicted octanol–water partition coefficient (Wildman–Crippen LogP) is 2.77. The Morgan fingerprint density at radius 3 is 2.54 bits per heavy atom. The van der Waals surface area contributed by atoms with E-state index >= 15 is 0 Å². The highest BCUT2D eigenvalue weighted by Crippen LogP contribution is 2.29. The van der Waals surface area contributed by atoms with Gasteiger partial charge in [-0.15, -0.1) is 0 Å². The first-order chi connectivity index (χ1) is 13.3. The molecule has 2 unspecified atom stereocenters. The number of nitrogens with zero attached hydrogens (tertiary/aromatic N) is 5. The lowest BCUT2D eigenvalue weighted by Gasteiger charge is -2.34. The number of anilines is 1. The molecule has 10 heteroatoms. The van der Waals surface area contributed by atoms with E-state index in [1.807, 2.05) is 33.7 Å². The van der Waals surface area contributed by atoms with E-state index in [1.54, 1.807) is 0 Å². The van der Waals surface area contributed by atoms with Crippen LogP contribution in [0.3, 0.4) is 0 Å². The second-order valence-electron chi connectivity index (χ2n) is 6.79. The molecule has 0 bridgehead atoms. The van der Waals surface area contributed by atoms with Crippen molar-refractivity contribution in [3.8, 4) is 0 Å². The minimum atomic E-state index is -4.49. The summed E-state index contributed by atoms with van der Waals surface area (Å²) in [6, 6.07) is 6.77. The van der Waals surface area contributed by atoms with Crippen molar-refractivity contribution in [2.45, 2.75) is 31.4 Å². The quantitative estimate of drug-likeness (QED) is 0.692. The van der Waals surface area contributed by atoms with Gasteiger partial charge in [0.05, 0.1) is 29.2 Å². The van der Waals surface area contributed by atoms with Crippen LogP contribution in [0.2, 0.25) is 0 Å². The molecule has 0 aliphatic carbocycles. The molecule has 1 aliphatic heterocycles. The normalized spacial score (nSPS) is 20.7. The SMILES string of the molecule is NC1CN(c2nc3ccccc3n2Cc2ncc(C(F)(F)F)cn2)CCC1F. The maximum absolute atomic E-state index is 13.8. The van der Waals surface area contributed by atoms with Gasteiger partial charge in [0, 0.05) is 25.5 Å². The maximum atomic E-state index is 13.8. The third-order valence-electron chi connectivity index (χ3n) is 4.82. The molecule has 2 aromatic heterocycles. The van der Waals surface area contributed by atoms with Crippen molar-refractivity contribution >= 4 is 17.0 Å². The molecule has 2 atom stereocenters. The molecule has 1 aromatic carbocycles. The van der Waals surface area contributed by atoms with E-state index in [0.717, 1.165) is 23.4 Å². The number of nitrogens with two attached hydrogens (primary N) is 1. The highest BCUT2D eigenvalue weighted by Gasteiger charge is 2.32. The van der Waals surface area contributed by atoms with Crippen molar-refractivity contribution in [2.75, 3.05) is 18.0 Å². The van der Waals surface area contributed by atoms with Crippen molar-refractivity contribution in [3.05, 3.63) is 48.0 Å². The Balaban J connectivity index is 1.69. The van der Waals surface area contributed by atoms with Crippen LogP contribution in [0.5, 0.6) is 0 Å². The van der Waals surface area contributed by atoms with E-state index < -0.39 is 24.0 Å². The van der Waals surface area contributed by atoms with Crippen LogP contribution in [-0.2, 0) is 12.7 Å². The minimum absolute atomic E-state index is 0.138. The highest BCUT2D eigenvalue weighted by atomic mass is 19.4. The summed E-state index contributed by atoms with van der Waals surface area (Å²) in [4.78, 5) is 14.2. The first-order valence-electron chi connectivity index (χ1n) is 8.81. The van der Waals surface area contributed by atoms with E-state index in [1.165, 1.54) is 0 Å². The fourth-order valence-corrected chi connectivity index (χ4v) is 3.32. The van der Waals surface area contributed by atoms with Gasteiger partial charge in [0.2, 0.25) is 5.95 Å². The van der Waals surface area contributed by atoms with Gasteiger partial charge in [-0.05, 0) is 18.6 Å². The minimum Gasteiger partial charge on any atom is -0.340 e. The number of hydrogen-bond acceptors (Lipinski definition) is 5. The van der Waals surface area contributed by atoms with Gasteiger partial charge < -0.3 is 15.2 Å². The van der Waals surface area contributed by atoms with Gasteiger partial charge in [-0.25, -0.2) is 19.3 Å². The summed E-state index contributed by atoms with van der Waals surface area (Å²) in [5.74, 6) is 0.800. The Morgan fingerprint density at radius 1 is 1.14 bits per heavy atom. The first kappa shape index (κ1) is 18.6. The van der Waals surface area contributed by atoms with Crippen molar-refractivity contribution in [1.82, 2.24) is 19.5 Å². The fourth-order valence-electron chi connectivity index (χ4n) is 3.32. The van der Waals surface area contributed by atoms with Crippen LogP contribution < -0.4 is 10.6 Å². The zero-order chi connectivity index (χ0) is 19.9. The summed E-state index contributed by atoms with van der Waals surface area (Å²) in [6.07, 6.45) is -3.72. The van der Waals surface area contributed by atoms with E-state index in [9.17, 15) is 17.6 Å². The van der Waals surface area contributed by atoms with E-state index in [-0.39, 0.29) is 12.4 Å². The van der Waals surface area contributed by atoms with Crippen molar-refractivity contribution < 1.29 is 17.6 Å². The molecular weight excluding hydrogens is 376 g/mol. The number of alkyl halides is 4. The molecule has 1 saturated heterocycles. The van der Waals surface area contributed by atoms with Gasteiger partial charge in [-0.1, -0.05) is 12.1 Å². The average Bonchev–Trinajstić information content (AvgIpc) is 3.02. The number of piperidine rings is 1. The van der Waals surface area contributed by atoms with Crippen molar-refractivity contribution in [3.63, 3.8) is 0 Å². The molecule has 0 saturated carbocycles. The van der Waals surface area contributed by atoms with Gasteiger partial charge in [0.25, 0.3) is 0 Å². The van der Waals surface area contributed by atoms with Gasteiger partial charge in [0.15, 0.2) is 0 Å². The van der Waals surface area contributed by atoms with Crippen LogP contribution in [0.4, 0.5) is 23.5 Å². The number of halogens is 4. The summed E-state index contributed by atoms with van der Waals surface area (Å²) in [5.41, 5.74) is 6.49. The molecule has 2 N–H and O–H groups in total. The number of hydrogen-bond donors (Lipinski definition) is 1. The Kier molecular flexibility index (Phi) is 4.66. The van der Waals surface area contributed by atoms with Crippen molar-refractivity contribution in [1.29, 1.82) is 0 Å². The predicted molar refractivity (Wildman–Crippen MR) is 95.6 cm³/mol. The Bertz CT molecular complexity index is 968. The summed E-state index contributed by atoms with van der Waals surface area (Å²) in [7, 11) is 0. The van der Waals surface area contributed by atoms with Crippen LogP contribution in [0, 0.1) is 0 Å². The lowest BCUT2D eigenvalue weighted by atomic mass is 10.1. The number of benzene rings is 1. The molecular formula is C18H18F4N6. The molecule has 0 radical (unpaired) electrons. The Hall–Kier alpha value is -2.75. The van der Waals surface area contributed by atoms with Gasteiger partial charge in [-0.2, -0.15) is 13.2 Å². The molecule has 6 nitrogen and oxygen atoms in total. The number of rotatable bonds is 3. The highest BCUT2D eigenvalue weighted by molar-refractivity contribution is 5.79. The first-order valence-corrected chi connectivity index (χ1v) is 8.81. The number of para-hydroxylation sites is 2. The second kappa shape index (κ2) is 7.01. The van der Waals surface area contributed by atoms with Gasteiger partial charge in [-0.3, -0.25) is 0 Å². The molecule has 0 amide bonds. The Labute approximate surface area is 158 Å². The number of aromatic nitrogens is 4. The van der Waals surface area contributed by atoms with E-state index in [0.29, 0.717) is 25.5 Å². The number of fused-ring (bicyclic) bond motifs is 1. The van der Waals surface area contributed by atoms with Gasteiger partial charge >= 0.3 is 6.18 Å². The number of imidazole rings is 1. The lowest BCUT2D eigenvalue weighted by Crippen LogP contribution is -2.50. The lowest BCUT2D eigenvalue weighted by molar-refractivity contribution is -0.138. The van der Waals surface area contributed by atoms with Crippen LogP contribution in [0.15, 0.2) is 36.7 Å². The van der Waals surface area contributed by atoms with Crippen molar-refractivity contribution in [2.24, 2.45) is 5.73 Å². The topological polar surface area (TPSA) is 72.9 Å². The molecule has 28 heavy (non-hydrogen) atoms. The third-order valence-corrected chi connectivity index (χ3v) is 4.82. The zero-order valence-corrected chi connectivity index (χ0v) is 14.8. The van der Waals surface area contributed by atoms with Crippen LogP contribution in [0.1, 0.15) is 17.8 Å². The average molecular weight is 394 g/mol. The summed E-state index contributed by atoms with van der Waals surface area (Å²) in [6.45, 7) is 0.892. The largest absolute Gasteiger partial charge is 0.419 e.